The molecule has 1 N–H and O–H groups in total. The molecule has 1 aromatic rings. The van der Waals surface area contributed by atoms with Crippen LogP contribution in [0.2, 0.25) is 0 Å². The van der Waals surface area contributed by atoms with Crippen molar-refractivity contribution in [3.05, 3.63) is 35.4 Å². The highest BCUT2D eigenvalue weighted by Gasteiger charge is 2.79. The molecule has 1 saturated carbocycles. The third-order valence-corrected chi connectivity index (χ3v) is 8.56. The van der Waals surface area contributed by atoms with Gasteiger partial charge >= 0.3 is 0 Å². The number of aromatic hydroxyl groups is 1. The molecule has 2 spiro atoms. The lowest BCUT2D eigenvalue weighted by Gasteiger charge is -2.70. The molecule has 5 nitrogen and oxygen atoms in total. The maximum Gasteiger partial charge on any atom is 0.165 e. The summed E-state index contributed by atoms with van der Waals surface area (Å²) in [6.45, 7) is 2.66. The number of benzene rings is 1. The lowest BCUT2D eigenvalue weighted by molar-refractivity contribution is -0.212. The van der Waals surface area contributed by atoms with Crippen LogP contribution >= 0.6 is 0 Å². The fourth-order valence-electron chi connectivity index (χ4n) is 7.52. The van der Waals surface area contributed by atoms with E-state index in [0.717, 1.165) is 25.8 Å². The molecule has 6 aliphatic rings. The Labute approximate surface area is 158 Å². The van der Waals surface area contributed by atoms with Crippen LogP contribution < -0.4 is 4.74 Å². The Hall–Kier alpha value is -1.85. The van der Waals surface area contributed by atoms with Crippen molar-refractivity contribution in [3.8, 4) is 11.5 Å². The topological polar surface area (TPSA) is 59.0 Å². The summed E-state index contributed by atoms with van der Waals surface area (Å²) in [6, 6.07) is 4.15. The fraction of sp³-hybridized carbons (Fsp3) is 0.591. The maximum absolute atomic E-state index is 12.7. The zero-order valence-corrected chi connectivity index (χ0v) is 16.0. The van der Waals surface area contributed by atoms with Crippen molar-refractivity contribution in [1.82, 2.24) is 4.90 Å². The third-order valence-electron chi connectivity index (χ3n) is 8.56. The molecule has 1 aromatic carbocycles. The zero-order chi connectivity index (χ0) is 18.8. The van der Waals surface area contributed by atoms with Gasteiger partial charge in [0.05, 0.1) is 11.3 Å². The first kappa shape index (κ1) is 16.1. The van der Waals surface area contributed by atoms with Crippen LogP contribution in [0.15, 0.2) is 24.3 Å². The molecule has 6 atom stereocenters. The van der Waals surface area contributed by atoms with E-state index in [1.165, 1.54) is 11.1 Å². The van der Waals surface area contributed by atoms with Crippen molar-refractivity contribution in [2.45, 2.75) is 49.3 Å². The van der Waals surface area contributed by atoms with Crippen LogP contribution in [0.4, 0.5) is 0 Å². The number of likely N-dealkylation sites (tertiary alicyclic amines) is 1. The van der Waals surface area contributed by atoms with Crippen molar-refractivity contribution in [2.75, 3.05) is 20.7 Å². The highest BCUT2D eigenvalue weighted by molar-refractivity contribution is 5.82. The number of phenolic OH excluding ortho intramolecular Hbond substituents is 1. The summed E-state index contributed by atoms with van der Waals surface area (Å²) in [4.78, 5) is 15.2. The molecule has 0 radical (unpaired) electrons. The molecule has 0 unspecified atom stereocenters. The number of carbonyl (C=O) groups is 1. The van der Waals surface area contributed by atoms with Crippen molar-refractivity contribution < 1.29 is 19.4 Å². The van der Waals surface area contributed by atoms with Crippen molar-refractivity contribution in [1.29, 1.82) is 0 Å². The molecule has 0 amide bonds. The number of ketones is 1. The molecule has 4 bridgehead atoms. The van der Waals surface area contributed by atoms with E-state index >= 15 is 0 Å². The summed E-state index contributed by atoms with van der Waals surface area (Å²) in [5.74, 6) is 0.762. The molecule has 2 aliphatic heterocycles. The standard InChI is InChI=1S/C22H25NO4/c1-12(24)14-11-20-6-7-22(14,26-3)19-21(20)8-9-23(2)16(20)10-13-4-5-15(25)18(27-19)17(13)21/h4-7,14,16,19,25H,8-11H2,1-3H3/t14-,16+,19+,20+,21-,22-/m0/s1. The quantitative estimate of drug-likeness (QED) is 0.812. The minimum absolute atomic E-state index is 0.158. The Bertz CT molecular complexity index is 925. The average Bonchev–Trinajstić information content (AvgIpc) is 3.03. The molecule has 2 heterocycles. The smallest absolute Gasteiger partial charge is 0.165 e. The number of hydrogen-bond donors (Lipinski definition) is 1. The predicted molar refractivity (Wildman–Crippen MR) is 99.0 cm³/mol. The number of phenols is 1. The summed E-state index contributed by atoms with van der Waals surface area (Å²) in [7, 11) is 3.89. The Morgan fingerprint density at radius 1 is 1.37 bits per heavy atom. The Morgan fingerprint density at radius 3 is 2.93 bits per heavy atom. The van der Waals surface area contributed by atoms with Gasteiger partial charge in [0.15, 0.2) is 11.5 Å². The van der Waals surface area contributed by atoms with Gasteiger partial charge in [0.25, 0.3) is 0 Å². The highest BCUT2D eigenvalue weighted by atomic mass is 16.6. The van der Waals surface area contributed by atoms with Gasteiger partial charge in [0.1, 0.15) is 17.5 Å². The molecular weight excluding hydrogens is 342 g/mol. The van der Waals surface area contributed by atoms with Crippen LogP contribution in [0.1, 0.15) is 30.9 Å². The first-order valence-corrected chi connectivity index (χ1v) is 9.89. The monoisotopic (exact) mass is 367 g/mol. The average molecular weight is 367 g/mol. The number of rotatable bonds is 2. The van der Waals surface area contributed by atoms with Crippen LogP contribution in [0.25, 0.3) is 0 Å². The lowest BCUT2D eigenvalue weighted by atomic mass is 9.37. The van der Waals surface area contributed by atoms with Crippen molar-refractivity contribution >= 4 is 5.78 Å². The van der Waals surface area contributed by atoms with Crippen LogP contribution in [-0.2, 0) is 21.4 Å². The first-order chi connectivity index (χ1) is 12.9. The third kappa shape index (κ3) is 1.43. The van der Waals surface area contributed by atoms with E-state index in [2.05, 4.69) is 30.2 Å². The number of hydrogen-bond acceptors (Lipinski definition) is 5. The molecule has 7 rings (SSSR count). The molecular formula is C22H25NO4. The van der Waals surface area contributed by atoms with Crippen LogP contribution in [-0.4, -0.2) is 54.2 Å². The second kappa shape index (κ2) is 4.58. The van der Waals surface area contributed by atoms with Gasteiger partial charge in [-0.05, 0) is 51.4 Å². The van der Waals surface area contributed by atoms with E-state index < -0.39 is 5.60 Å². The van der Waals surface area contributed by atoms with E-state index in [9.17, 15) is 9.90 Å². The van der Waals surface area contributed by atoms with Crippen LogP contribution in [0.3, 0.4) is 0 Å². The summed E-state index contributed by atoms with van der Waals surface area (Å²) in [5, 5.41) is 10.6. The molecule has 142 valence electrons. The number of methoxy groups -OCH3 is 1. The van der Waals surface area contributed by atoms with Crippen LogP contribution in [0, 0.1) is 11.3 Å². The van der Waals surface area contributed by atoms with Gasteiger partial charge in [0.2, 0.25) is 0 Å². The Balaban J connectivity index is 1.73. The summed E-state index contributed by atoms with van der Waals surface area (Å²) >= 11 is 0. The summed E-state index contributed by atoms with van der Waals surface area (Å²) in [5.41, 5.74) is 1.30. The van der Waals surface area contributed by atoms with E-state index in [4.69, 9.17) is 9.47 Å². The maximum atomic E-state index is 12.7. The highest BCUT2D eigenvalue weighted by Crippen LogP contribution is 2.74. The molecule has 27 heavy (non-hydrogen) atoms. The second-order valence-electron chi connectivity index (χ2n) is 9.17. The van der Waals surface area contributed by atoms with E-state index in [1.54, 1.807) is 20.1 Å². The van der Waals surface area contributed by atoms with Gasteiger partial charge < -0.3 is 19.5 Å². The lowest BCUT2D eigenvalue weighted by Crippen LogP contribution is -2.79. The van der Waals surface area contributed by atoms with E-state index in [1.807, 2.05) is 0 Å². The first-order valence-electron chi connectivity index (χ1n) is 9.89. The number of piperidine rings is 1. The zero-order valence-electron chi connectivity index (χ0n) is 16.0. The van der Waals surface area contributed by atoms with Crippen molar-refractivity contribution in [2.24, 2.45) is 11.3 Å². The Morgan fingerprint density at radius 2 is 2.19 bits per heavy atom. The van der Waals surface area contributed by atoms with Gasteiger partial charge in [-0.3, -0.25) is 4.79 Å². The number of nitrogens with zero attached hydrogens (tertiary/aromatic N) is 1. The molecule has 0 aromatic heterocycles. The molecule has 2 fully saturated rings. The normalized spacial score (nSPS) is 45.5. The van der Waals surface area contributed by atoms with Gasteiger partial charge in [-0.15, -0.1) is 0 Å². The van der Waals surface area contributed by atoms with Gasteiger partial charge in [-0.1, -0.05) is 18.2 Å². The largest absolute Gasteiger partial charge is 0.504 e. The number of carbonyl (C=O) groups excluding carboxylic acids is 1. The molecule has 4 aliphatic carbocycles. The Kier molecular flexibility index (Phi) is 2.74. The van der Waals surface area contributed by atoms with E-state index in [0.29, 0.717) is 11.8 Å². The van der Waals surface area contributed by atoms with Crippen molar-refractivity contribution in [3.63, 3.8) is 0 Å². The number of Topliss-reactive ketones (excluding diaryl/α,β-unsaturated/α-hetero) is 1. The summed E-state index contributed by atoms with van der Waals surface area (Å²) in [6.07, 6.45) is 6.85. The van der Waals surface area contributed by atoms with E-state index in [-0.39, 0.29) is 34.4 Å². The SMILES string of the molecule is CO[C@@]12C=C[C@@]3(C[C@H]1C(C)=O)[C@H]1Cc4ccc(O)c5c4[C@@]3(CCN1C)[C@H]2O5. The molecule has 1 saturated heterocycles. The fourth-order valence-corrected chi connectivity index (χ4v) is 7.52. The predicted octanol–water partition coefficient (Wildman–Crippen LogP) is 2.20. The minimum atomic E-state index is -0.770. The minimum Gasteiger partial charge on any atom is -0.504 e. The number of fused-ring (bicyclic) bond motifs is 1. The van der Waals surface area contributed by atoms with Gasteiger partial charge in [-0.2, -0.15) is 0 Å². The van der Waals surface area contributed by atoms with Gasteiger partial charge in [0, 0.05) is 24.1 Å². The number of likely N-dealkylation sites (N-methyl/N-ethyl adjacent to an activating group) is 1. The number of ether oxygens (including phenoxy) is 2. The second-order valence-corrected chi connectivity index (χ2v) is 9.17. The molecule has 5 heteroatoms. The summed E-state index contributed by atoms with van der Waals surface area (Å²) < 4.78 is 12.7. The van der Waals surface area contributed by atoms with Gasteiger partial charge in [-0.25, -0.2) is 0 Å². The van der Waals surface area contributed by atoms with Crippen LogP contribution in [0.5, 0.6) is 11.5 Å².